The Bertz CT molecular complexity index is 445. The van der Waals surface area contributed by atoms with Crippen LogP contribution in [0.4, 0.5) is 4.39 Å². The zero-order valence-electron chi connectivity index (χ0n) is 7.17. The van der Waals surface area contributed by atoms with Crippen molar-refractivity contribution in [3.63, 3.8) is 0 Å². The van der Waals surface area contributed by atoms with Crippen LogP contribution in [0.2, 0.25) is 0 Å². The first kappa shape index (κ1) is 9.03. The zero-order valence-corrected chi connectivity index (χ0v) is 8.88. The van der Waals surface area contributed by atoms with E-state index in [1.807, 2.05) is 25.1 Å². The Labute approximate surface area is 85.8 Å². The lowest BCUT2D eigenvalue weighted by Crippen LogP contribution is -1.78. The molecule has 0 aliphatic heterocycles. The average molecular weight is 212 g/mol. The number of hydrogen-bond donors (Lipinski definition) is 1. The predicted octanol–water partition coefficient (Wildman–Crippen LogP) is 3.89. The van der Waals surface area contributed by atoms with Crippen LogP contribution in [0.15, 0.2) is 23.1 Å². The number of benzene rings is 1. The van der Waals surface area contributed by atoms with Crippen molar-refractivity contribution < 1.29 is 4.39 Å². The number of fused-ring (bicyclic) bond motifs is 1. The first-order chi connectivity index (χ1) is 6.24. The first-order valence-corrected chi connectivity index (χ1v) is 5.39. The normalized spacial score (nSPS) is 11.0. The van der Waals surface area contributed by atoms with E-state index in [4.69, 9.17) is 0 Å². The molecule has 0 amide bonds. The van der Waals surface area contributed by atoms with Crippen LogP contribution in [0.5, 0.6) is 0 Å². The number of hydrogen-bond acceptors (Lipinski definition) is 2. The van der Waals surface area contributed by atoms with Gasteiger partial charge < -0.3 is 0 Å². The molecule has 0 aliphatic rings. The molecule has 0 radical (unpaired) electrons. The second-order valence-corrected chi connectivity index (χ2v) is 4.46. The third kappa shape index (κ3) is 1.36. The molecule has 0 atom stereocenters. The second kappa shape index (κ2) is 3.31. The average Bonchev–Trinajstić information content (AvgIpc) is 2.44. The van der Waals surface area contributed by atoms with Crippen LogP contribution in [0.25, 0.3) is 10.1 Å². The highest BCUT2D eigenvalue weighted by Crippen LogP contribution is 2.33. The van der Waals surface area contributed by atoms with Crippen molar-refractivity contribution in [2.75, 3.05) is 0 Å². The Hall–Kier alpha value is -0.540. The van der Waals surface area contributed by atoms with Gasteiger partial charge in [0.25, 0.3) is 0 Å². The van der Waals surface area contributed by atoms with Gasteiger partial charge in [-0.2, -0.15) is 0 Å². The maximum atomic E-state index is 13.7. The molecule has 1 heterocycles. The van der Waals surface area contributed by atoms with Gasteiger partial charge in [-0.15, -0.1) is 24.0 Å². The van der Waals surface area contributed by atoms with E-state index >= 15 is 0 Å². The number of thiophene rings is 1. The summed E-state index contributed by atoms with van der Waals surface area (Å²) in [6.45, 7) is 1.96. The summed E-state index contributed by atoms with van der Waals surface area (Å²) >= 11 is 5.75. The van der Waals surface area contributed by atoms with Crippen LogP contribution >= 0.6 is 24.0 Å². The van der Waals surface area contributed by atoms with Crippen LogP contribution in [0, 0.1) is 5.82 Å². The van der Waals surface area contributed by atoms with Gasteiger partial charge in [-0.25, -0.2) is 4.39 Å². The maximum absolute atomic E-state index is 13.7. The van der Waals surface area contributed by atoms with Gasteiger partial charge in [0, 0.05) is 19.9 Å². The van der Waals surface area contributed by atoms with E-state index in [1.54, 1.807) is 0 Å². The highest BCUT2D eigenvalue weighted by Gasteiger charge is 2.11. The Kier molecular flexibility index (Phi) is 2.30. The van der Waals surface area contributed by atoms with Gasteiger partial charge in [-0.3, -0.25) is 0 Å². The van der Waals surface area contributed by atoms with E-state index in [0.717, 1.165) is 20.9 Å². The highest BCUT2D eigenvalue weighted by atomic mass is 32.1. The number of aryl methyl sites for hydroxylation is 1. The summed E-state index contributed by atoms with van der Waals surface area (Å²) in [5.74, 6) is -0.0897. The van der Waals surface area contributed by atoms with E-state index in [1.165, 1.54) is 11.3 Å². The van der Waals surface area contributed by atoms with Crippen molar-refractivity contribution in [3.8, 4) is 0 Å². The summed E-state index contributed by atoms with van der Waals surface area (Å²) in [6, 6.07) is 5.66. The molecule has 0 fully saturated rings. The van der Waals surface area contributed by atoms with E-state index in [-0.39, 0.29) is 5.82 Å². The quantitative estimate of drug-likeness (QED) is 0.681. The minimum Gasteiger partial charge on any atom is -0.205 e. The van der Waals surface area contributed by atoms with Crippen molar-refractivity contribution in [1.82, 2.24) is 0 Å². The SMILES string of the molecule is CCc1sc2cccc(S)c2c1F. The van der Waals surface area contributed by atoms with E-state index in [2.05, 4.69) is 12.6 Å². The van der Waals surface area contributed by atoms with Crippen LogP contribution in [-0.2, 0) is 6.42 Å². The van der Waals surface area contributed by atoms with Gasteiger partial charge in [-0.05, 0) is 18.6 Å². The number of halogens is 1. The molecule has 0 saturated carbocycles. The Morgan fingerprint density at radius 2 is 2.23 bits per heavy atom. The van der Waals surface area contributed by atoms with Gasteiger partial charge in [-0.1, -0.05) is 13.0 Å². The Balaban J connectivity index is 2.85. The minimum atomic E-state index is -0.0897. The molecule has 0 bridgehead atoms. The fourth-order valence-corrected chi connectivity index (χ4v) is 2.80. The summed E-state index contributed by atoms with van der Waals surface area (Å²) in [5, 5.41) is 0.674. The molecular weight excluding hydrogens is 203 g/mol. The van der Waals surface area contributed by atoms with E-state index < -0.39 is 0 Å². The molecule has 2 rings (SSSR count). The molecule has 2 aromatic rings. The van der Waals surface area contributed by atoms with Crippen LogP contribution in [-0.4, -0.2) is 0 Å². The monoisotopic (exact) mass is 212 g/mol. The van der Waals surface area contributed by atoms with Crippen molar-refractivity contribution >= 4 is 34.1 Å². The van der Waals surface area contributed by atoms with Gasteiger partial charge in [0.15, 0.2) is 0 Å². The summed E-state index contributed by atoms with van der Waals surface area (Å²) in [4.78, 5) is 1.54. The molecular formula is C10H9FS2. The number of rotatable bonds is 1. The molecule has 1 aromatic heterocycles. The summed E-state index contributed by atoms with van der Waals surface area (Å²) in [6.07, 6.45) is 0.748. The zero-order chi connectivity index (χ0) is 9.42. The van der Waals surface area contributed by atoms with E-state index in [9.17, 15) is 4.39 Å². The van der Waals surface area contributed by atoms with Gasteiger partial charge in [0.1, 0.15) is 5.82 Å². The van der Waals surface area contributed by atoms with Crippen molar-refractivity contribution in [3.05, 3.63) is 28.9 Å². The predicted molar refractivity (Wildman–Crippen MR) is 58.4 cm³/mol. The molecule has 13 heavy (non-hydrogen) atoms. The minimum absolute atomic E-state index is 0.0897. The maximum Gasteiger partial charge on any atom is 0.146 e. The Morgan fingerprint density at radius 3 is 2.85 bits per heavy atom. The molecule has 0 nitrogen and oxygen atoms in total. The summed E-state index contributed by atoms with van der Waals surface area (Å²) < 4.78 is 14.6. The fourth-order valence-electron chi connectivity index (χ4n) is 1.37. The third-order valence-corrected chi connectivity index (χ3v) is 3.67. The molecule has 68 valence electrons. The third-order valence-electron chi connectivity index (χ3n) is 2.02. The van der Waals surface area contributed by atoms with Crippen LogP contribution in [0.1, 0.15) is 11.8 Å². The standard InChI is InChI=1S/C10H9FS2/c1-2-7-10(11)9-6(12)4-3-5-8(9)13-7/h3-5,12H,2H2,1H3. The van der Waals surface area contributed by atoms with E-state index in [0.29, 0.717) is 5.39 Å². The van der Waals surface area contributed by atoms with Gasteiger partial charge >= 0.3 is 0 Å². The van der Waals surface area contributed by atoms with Crippen molar-refractivity contribution in [2.24, 2.45) is 0 Å². The molecule has 0 spiro atoms. The van der Waals surface area contributed by atoms with Crippen molar-refractivity contribution in [1.29, 1.82) is 0 Å². The molecule has 0 unspecified atom stereocenters. The van der Waals surface area contributed by atoms with Crippen LogP contribution < -0.4 is 0 Å². The van der Waals surface area contributed by atoms with Gasteiger partial charge in [0.05, 0.1) is 0 Å². The lowest BCUT2D eigenvalue weighted by Gasteiger charge is -1.93. The lowest BCUT2D eigenvalue weighted by molar-refractivity contribution is 0.629. The highest BCUT2D eigenvalue weighted by molar-refractivity contribution is 7.80. The molecule has 1 aromatic carbocycles. The van der Waals surface area contributed by atoms with Crippen molar-refractivity contribution in [2.45, 2.75) is 18.2 Å². The summed E-state index contributed by atoms with van der Waals surface area (Å²) in [5.41, 5.74) is 0. The molecule has 0 aliphatic carbocycles. The first-order valence-electron chi connectivity index (χ1n) is 4.13. The molecule has 0 N–H and O–H groups in total. The van der Waals surface area contributed by atoms with Crippen LogP contribution in [0.3, 0.4) is 0 Å². The van der Waals surface area contributed by atoms with Gasteiger partial charge in [0.2, 0.25) is 0 Å². The fraction of sp³-hybridized carbons (Fsp3) is 0.200. The largest absolute Gasteiger partial charge is 0.205 e. The molecule has 0 saturated heterocycles. The lowest BCUT2D eigenvalue weighted by atomic mass is 10.2. The summed E-state index contributed by atoms with van der Waals surface area (Å²) in [7, 11) is 0. The molecule has 3 heteroatoms. The number of thiol groups is 1. The smallest absolute Gasteiger partial charge is 0.146 e. The Morgan fingerprint density at radius 1 is 1.46 bits per heavy atom. The second-order valence-electron chi connectivity index (χ2n) is 2.84. The topological polar surface area (TPSA) is 0 Å².